The van der Waals surface area contributed by atoms with E-state index in [1.807, 2.05) is 0 Å². The lowest BCUT2D eigenvalue weighted by molar-refractivity contribution is 0.188. The molecule has 1 spiro atoms. The van der Waals surface area contributed by atoms with Crippen LogP contribution in [0.3, 0.4) is 0 Å². The second-order valence-corrected chi connectivity index (χ2v) is 5.24. The quantitative estimate of drug-likeness (QED) is 0.527. The first-order valence-corrected chi connectivity index (χ1v) is 5.39. The van der Waals surface area contributed by atoms with Gasteiger partial charge in [0, 0.05) is 42.5 Å². The molecule has 64 valence electrons. The minimum Gasteiger partial charge on any atom is -0.316 e. The number of hydrogen-bond donors (Lipinski definition) is 1. The van der Waals surface area contributed by atoms with Gasteiger partial charge in [0.1, 0.15) is 0 Å². The number of nitrogens with zero attached hydrogens (tertiary/aromatic N) is 1. The minimum absolute atomic E-state index is 0.652. The van der Waals surface area contributed by atoms with Gasteiger partial charge in [-0.3, -0.25) is 0 Å². The van der Waals surface area contributed by atoms with Gasteiger partial charge in [-0.15, -0.1) is 0 Å². The van der Waals surface area contributed by atoms with E-state index in [1.165, 1.54) is 45.4 Å². The molecule has 1 unspecified atom stereocenters. The van der Waals surface area contributed by atoms with E-state index in [-0.39, 0.29) is 0 Å². The molecule has 0 radical (unpaired) electrons. The Morgan fingerprint density at radius 2 is 2.27 bits per heavy atom. The van der Waals surface area contributed by atoms with Crippen LogP contribution in [0, 0.1) is 5.41 Å². The van der Waals surface area contributed by atoms with Crippen LogP contribution in [0.5, 0.6) is 0 Å². The summed E-state index contributed by atoms with van der Waals surface area (Å²) in [6.07, 6.45) is 4.23. The van der Waals surface area contributed by atoms with Crippen LogP contribution >= 0.6 is 22.9 Å². The maximum atomic E-state index is 3.47. The SMILES string of the molecule is IN1CCCC2(CCNC2)C1. The molecule has 0 aromatic rings. The van der Waals surface area contributed by atoms with Gasteiger partial charge in [-0.1, -0.05) is 0 Å². The Hall–Kier alpha value is 0.650. The number of halogens is 1. The van der Waals surface area contributed by atoms with Crippen molar-refractivity contribution < 1.29 is 0 Å². The molecule has 2 heterocycles. The molecule has 0 bridgehead atoms. The van der Waals surface area contributed by atoms with Crippen molar-refractivity contribution in [2.24, 2.45) is 5.41 Å². The lowest BCUT2D eigenvalue weighted by Crippen LogP contribution is -2.39. The van der Waals surface area contributed by atoms with Crippen LogP contribution < -0.4 is 5.32 Å². The summed E-state index contributed by atoms with van der Waals surface area (Å²) >= 11 is 2.46. The Morgan fingerprint density at radius 1 is 1.36 bits per heavy atom. The van der Waals surface area contributed by atoms with Crippen molar-refractivity contribution in [3.8, 4) is 0 Å². The van der Waals surface area contributed by atoms with Crippen molar-refractivity contribution >= 4 is 22.9 Å². The molecule has 2 fully saturated rings. The van der Waals surface area contributed by atoms with E-state index >= 15 is 0 Å². The highest BCUT2D eigenvalue weighted by Gasteiger charge is 2.37. The largest absolute Gasteiger partial charge is 0.316 e. The first-order valence-electron chi connectivity index (χ1n) is 4.42. The number of hydrogen-bond acceptors (Lipinski definition) is 2. The number of nitrogens with one attached hydrogen (secondary N) is 1. The van der Waals surface area contributed by atoms with E-state index in [2.05, 4.69) is 31.3 Å². The summed E-state index contributed by atoms with van der Waals surface area (Å²) in [6, 6.07) is 0. The summed E-state index contributed by atoms with van der Waals surface area (Å²) in [5, 5.41) is 3.47. The fourth-order valence-corrected chi connectivity index (χ4v) is 3.36. The Labute approximate surface area is 82.2 Å². The van der Waals surface area contributed by atoms with Crippen molar-refractivity contribution in [1.29, 1.82) is 0 Å². The summed E-state index contributed by atoms with van der Waals surface area (Å²) in [5.41, 5.74) is 0.652. The molecular weight excluding hydrogens is 251 g/mol. The van der Waals surface area contributed by atoms with E-state index in [0.29, 0.717) is 5.41 Å². The highest BCUT2D eigenvalue weighted by Crippen LogP contribution is 2.36. The van der Waals surface area contributed by atoms with E-state index in [9.17, 15) is 0 Å². The summed E-state index contributed by atoms with van der Waals surface area (Å²) in [7, 11) is 0. The summed E-state index contributed by atoms with van der Waals surface area (Å²) < 4.78 is 2.45. The zero-order chi connectivity index (χ0) is 7.73. The molecule has 0 aliphatic carbocycles. The lowest BCUT2D eigenvalue weighted by atomic mass is 9.80. The molecule has 0 aromatic carbocycles. The van der Waals surface area contributed by atoms with Crippen LogP contribution in [0.15, 0.2) is 0 Å². The molecule has 2 nitrogen and oxygen atoms in total. The van der Waals surface area contributed by atoms with Crippen LogP contribution in [-0.4, -0.2) is 29.3 Å². The predicted octanol–water partition coefficient (Wildman–Crippen LogP) is 1.41. The van der Waals surface area contributed by atoms with Gasteiger partial charge in [0.05, 0.1) is 0 Å². The standard InChI is InChI=1S/C8H15IN2/c9-11-5-1-2-8(7-11)3-4-10-6-8/h10H,1-7H2. The molecule has 2 saturated heterocycles. The number of piperidine rings is 1. The highest BCUT2D eigenvalue weighted by molar-refractivity contribution is 14.1. The van der Waals surface area contributed by atoms with Gasteiger partial charge in [0.2, 0.25) is 0 Å². The molecule has 0 aromatic heterocycles. The third-order valence-corrected chi connectivity index (χ3v) is 3.77. The average Bonchev–Trinajstić information content (AvgIpc) is 2.37. The van der Waals surface area contributed by atoms with Gasteiger partial charge in [-0.2, -0.15) is 0 Å². The minimum atomic E-state index is 0.652. The summed E-state index contributed by atoms with van der Waals surface area (Å²) in [4.78, 5) is 0. The monoisotopic (exact) mass is 266 g/mol. The van der Waals surface area contributed by atoms with Crippen molar-refractivity contribution in [1.82, 2.24) is 8.43 Å². The van der Waals surface area contributed by atoms with Crippen LogP contribution in [-0.2, 0) is 0 Å². The Balaban J connectivity index is 2.00. The van der Waals surface area contributed by atoms with Gasteiger partial charge < -0.3 is 5.32 Å². The first kappa shape index (κ1) is 8.26. The van der Waals surface area contributed by atoms with Gasteiger partial charge in [0.15, 0.2) is 0 Å². The van der Waals surface area contributed by atoms with E-state index in [0.717, 1.165) is 0 Å². The topological polar surface area (TPSA) is 15.3 Å². The third kappa shape index (κ3) is 1.70. The molecule has 2 aliphatic rings. The highest BCUT2D eigenvalue weighted by atomic mass is 127. The van der Waals surface area contributed by atoms with Crippen LogP contribution in [0.25, 0.3) is 0 Å². The fraction of sp³-hybridized carbons (Fsp3) is 1.00. The zero-order valence-corrected chi connectivity index (χ0v) is 8.93. The third-order valence-electron chi connectivity index (χ3n) is 2.95. The molecule has 2 aliphatic heterocycles. The molecular formula is C8H15IN2. The lowest BCUT2D eigenvalue weighted by Gasteiger charge is -2.36. The first-order chi connectivity index (χ1) is 5.31. The van der Waals surface area contributed by atoms with Crippen molar-refractivity contribution in [2.45, 2.75) is 19.3 Å². The molecule has 11 heavy (non-hydrogen) atoms. The van der Waals surface area contributed by atoms with Gasteiger partial charge in [0.25, 0.3) is 0 Å². The van der Waals surface area contributed by atoms with Crippen LogP contribution in [0.4, 0.5) is 0 Å². The van der Waals surface area contributed by atoms with E-state index in [1.54, 1.807) is 0 Å². The van der Waals surface area contributed by atoms with Crippen molar-refractivity contribution in [3.05, 3.63) is 0 Å². The van der Waals surface area contributed by atoms with Gasteiger partial charge in [-0.05, 0) is 31.2 Å². The van der Waals surface area contributed by atoms with Crippen LogP contribution in [0.1, 0.15) is 19.3 Å². The Kier molecular flexibility index (Phi) is 2.39. The Bertz CT molecular complexity index is 143. The van der Waals surface area contributed by atoms with Gasteiger partial charge in [-0.25, -0.2) is 3.11 Å². The average molecular weight is 266 g/mol. The van der Waals surface area contributed by atoms with E-state index < -0.39 is 0 Å². The molecule has 1 N–H and O–H groups in total. The second kappa shape index (κ2) is 3.18. The molecule has 2 rings (SSSR count). The maximum Gasteiger partial charge on any atom is 0.0201 e. The second-order valence-electron chi connectivity index (χ2n) is 3.87. The van der Waals surface area contributed by atoms with E-state index in [4.69, 9.17) is 0 Å². The van der Waals surface area contributed by atoms with Crippen LogP contribution in [0.2, 0.25) is 0 Å². The van der Waals surface area contributed by atoms with Crippen molar-refractivity contribution in [3.63, 3.8) is 0 Å². The molecule has 1 atom stereocenters. The normalized spacial score (nSPS) is 40.1. The summed E-state index contributed by atoms with van der Waals surface area (Å²) in [6.45, 7) is 5.10. The number of rotatable bonds is 0. The zero-order valence-electron chi connectivity index (χ0n) is 6.77. The predicted molar refractivity (Wildman–Crippen MR) is 54.7 cm³/mol. The Morgan fingerprint density at radius 3 is 2.91 bits per heavy atom. The molecule has 0 amide bonds. The molecule has 0 saturated carbocycles. The van der Waals surface area contributed by atoms with Crippen molar-refractivity contribution in [2.75, 3.05) is 26.2 Å². The maximum absolute atomic E-state index is 3.47. The smallest absolute Gasteiger partial charge is 0.0201 e. The van der Waals surface area contributed by atoms with Gasteiger partial charge >= 0.3 is 0 Å². The summed E-state index contributed by atoms with van der Waals surface area (Å²) in [5.74, 6) is 0. The fourth-order valence-electron chi connectivity index (χ4n) is 2.29. The molecule has 3 heteroatoms.